The average Bonchev–Trinajstić information content (AvgIpc) is 3.33. The molecule has 170 valence electrons. The zero-order valence-electron chi connectivity index (χ0n) is 18.0. The van der Waals surface area contributed by atoms with Gasteiger partial charge in [0.2, 0.25) is 0 Å². The summed E-state index contributed by atoms with van der Waals surface area (Å²) >= 11 is 9.46. The van der Waals surface area contributed by atoms with Gasteiger partial charge >= 0.3 is 0 Å². The number of carbonyl (C=O) groups is 1. The Morgan fingerprint density at radius 1 is 1.03 bits per heavy atom. The number of thiazole rings is 1. The number of halogens is 2. The number of fused-ring (bicyclic) bond motifs is 2. The summed E-state index contributed by atoms with van der Waals surface area (Å²) in [6, 6.07) is 11.5. The van der Waals surface area contributed by atoms with Crippen LogP contribution in [0.3, 0.4) is 0 Å². The van der Waals surface area contributed by atoms with E-state index in [1.165, 1.54) is 22.7 Å². The number of thiophene rings is 1. The van der Waals surface area contributed by atoms with E-state index in [-0.39, 0.29) is 18.3 Å². The van der Waals surface area contributed by atoms with E-state index in [1.54, 1.807) is 19.1 Å². The van der Waals surface area contributed by atoms with E-state index in [1.807, 2.05) is 55.4 Å². The van der Waals surface area contributed by atoms with Crippen molar-refractivity contribution in [2.24, 2.45) is 0 Å². The molecule has 0 saturated carbocycles. The molecule has 0 saturated heterocycles. The number of hydrogen-bond donors (Lipinski definition) is 0. The fourth-order valence-corrected chi connectivity index (χ4v) is 5.68. The molecule has 0 atom stereocenters. The molecule has 0 N–H and O–H groups in total. The molecule has 2 aromatic carbocycles. The predicted octanol–water partition coefficient (Wildman–Crippen LogP) is 5.81. The molecule has 0 radical (unpaired) electrons. The maximum atomic E-state index is 13.6. The molecule has 0 aliphatic rings. The molecule has 32 heavy (non-hydrogen) atoms. The van der Waals surface area contributed by atoms with Crippen LogP contribution in [-0.4, -0.2) is 57.2 Å². The monoisotopic (exact) mass is 511 g/mol. The maximum Gasteiger partial charge on any atom is 0.271 e. The van der Waals surface area contributed by atoms with Gasteiger partial charge in [0.1, 0.15) is 4.88 Å². The minimum atomic E-state index is -0.147. The van der Waals surface area contributed by atoms with E-state index in [9.17, 15) is 4.79 Å². The van der Waals surface area contributed by atoms with Gasteiger partial charge in [-0.25, -0.2) is 4.98 Å². The van der Waals surface area contributed by atoms with Crippen molar-refractivity contribution >= 4 is 78.0 Å². The van der Waals surface area contributed by atoms with Crippen LogP contribution in [0.5, 0.6) is 11.5 Å². The fraction of sp³-hybridized carbons (Fsp3) is 0.273. The second-order valence-electron chi connectivity index (χ2n) is 7.17. The lowest BCUT2D eigenvalue weighted by atomic mass is 10.2. The van der Waals surface area contributed by atoms with Gasteiger partial charge in [0.15, 0.2) is 16.6 Å². The first-order valence-electron chi connectivity index (χ1n) is 9.59. The molecule has 0 aliphatic heterocycles. The van der Waals surface area contributed by atoms with E-state index in [2.05, 4.69) is 0 Å². The second kappa shape index (κ2) is 10.2. The Balaban J connectivity index is 0.00000289. The minimum Gasteiger partial charge on any atom is -0.493 e. The van der Waals surface area contributed by atoms with Crippen LogP contribution in [0.1, 0.15) is 9.67 Å². The Hall–Kier alpha value is -2.10. The van der Waals surface area contributed by atoms with Crippen molar-refractivity contribution < 1.29 is 14.3 Å². The van der Waals surface area contributed by atoms with Gasteiger partial charge < -0.3 is 14.4 Å². The van der Waals surface area contributed by atoms with E-state index in [0.717, 1.165) is 20.3 Å². The van der Waals surface area contributed by atoms with Crippen LogP contribution in [0.4, 0.5) is 5.13 Å². The highest BCUT2D eigenvalue weighted by Crippen LogP contribution is 2.40. The lowest BCUT2D eigenvalue weighted by Gasteiger charge is -2.21. The van der Waals surface area contributed by atoms with Gasteiger partial charge in [-0.2, -0.15) is 0 Å². The Kier molecular flexibility index (Phi) is 7.84. The van der Waals surface area contributed by atoms with Crippen LogP contribution in [-0.2, 0) is 0 Å². The average molecular weight is 512 g/mol. The molecule has 4 rings (SSSR count). The molecule has 0 spiro atoms. The van der Waals surface area contributed by atoms with E-state index >= 15 is 0 Å². The summed E-state index contributed by atoms with van der Waals surface area (Å²) in [5.74, 6) is 1.08. The van der Waals surface area contributed by atoms with Gasteiger partial charge in [0, 0.05) is 35.3 Å². The van der Waals surface area contributed by atoms with Crippen LogP contribution in [0.25, 0.3) is 20.3 Å². The lowest BCUT2D eigenvalue weighted by molar-refractivity contribution is 0.0989. The number of likely N-dealkylation sites (N-methyl/N-ethyl adjacent to an activating group) is 1. The molecular weight excluding hydrogens is 489 g/mol. The summed E-state index contributed by atoms with van der Waals surface area (Å²) < 4.78 is 12.7. The van der Waals surface area contributed by atoms with Crippen molar-refractivity contribution in [1.29, 1.82) is 0 Å². The third-order valence-corrected chi connectivity index (χ3v) is 7.56. The highest BCUT2D eigenvalue weighted by molar-refractivity contribution is 7.23. The maximum absolute atomic E-state index is 13.6. The molecule has 1 amide bonds. The second-order valence-corrected chi connectivity index (χ2v) is 9.61. The van der Waals surface area contributed by atoms with Crippen LogP contribution in [0, 0.1) is 0 Å². The van der Waals surface area contributed by atoms with Crippen molar-refractivity contribution in [2.75, 3.05) is 46.3 Å². The minimum absolute atomic E-state index is 0. The topological polar surface area (TPSA) is 54.9 Å². The number of nitrogens with zero attached hydrogens (tertiary/aromatic N) is 3. The lowest BCUT2D eigenvalue weighted by Crippen LogP contribution is -2.36. The number of anilines is 1. The third-order valence-electron chi connectivity index (χ3n) is 4.86. The predicted molar refractivity (Wildman–Crippen MR) is 137 cm³/mol. The Labute approximate surface area is 205 Å². The van der Waals surface area contributed by atoms with Gasteiger partial charge in [-0.05, 0) is 20.2 Å². The van der Waals surface area contributed by atoms with Gasteiger partial charge in [-0.15, -0.1) is 23.7 Å². The van der Waals surface area contributed by atoms with E-state index < -0.39 is 0 Å². The number of hydrogen-bond acceptors (Lipinski definition) is 7. The summed E-state index contributed by atoms with van der Waals surface area (Å²) in [4.78, 5) is 22.6. The fourth-order valence-electron chi connectivity index (χ4n) is 3.22. The first-order chi connectivity index (χ1) is 14.9. The van der Waals surface area contributed by atoms with Crippen LogP contribution < -0.4 is 14.4 Å². The van der Waals surface area contributed by atoms with Crippen molar-refractivity contribution in [3.05, 3.63) is 46.3 Å². The smallest absolute Gasteiger partial charge is 0.271 e. The molecule has 2 heterocycles. The van der Waals surface area contributed by atoms with Crippen molar-refractivity contribution in [3.63, 3.8) is 0 Å². The quantitative estimate of drug-likeness (QED) is 0.313. The van der Waals surface area contributed by atoms with Gasteiger partial charge in [-0.3, -0.25) is 9.69 Å². The van der Waals surface area contributed by atoms with E-state index in [0.29, 0.717) is 39.6 Å². The molecule has 6 nitrogen and oxygen atoms in total. The van der Waals surface area contributed by atoms with Gasteiger partial charge in [0.25, 0.3) is 5.91 Å². The number of amides is 1. The number of benzene rings is 2. The Morgan fingerprint density at radius 2 is 1.72 bits per heavy atom. The van der Waals surface area contributed by atoms with Gasteiger partial charge in [0.05, 0.1) is 29.5 Å². The molecule has 0 unspecified atom stereocenters. The first-order valence-corrected chi connectivity index (χ1v) is 11.6. The molecule has 0 bridgehead atoms. The first kappa shape index (κ1) is 24.5. The number of methoxy groups -OCH3 is 2. The largest absolute Gasteiger partial charge is 0.493 e. The molecule has 2 aromatic heterocycles. The van der Waals surface area contributed by atoms with Crippen molar-refractivity contribution in [3.8, 4) is 11.5 Å². The van der Waals surface area contributed by atoms with Crippen molar-refractivity contribution in [2.45, 2.75) is 0 Å². The Morgan fingerprint density at radius 3 is 2.38 bits per heavy atom. The van der Waals surface area contributed by atoms with E-state index in [4.69, 9.17) is 26.1 Å². The third kappa shape index (κ3) is 4.65. The summed E-state index contributed by atoms with van der Waals surface area (Å²) in [6.07, 6.45) is 0. The molecule has 4 aromatic rings. The van der Waals surface area contributed by atoms with Crippen LogP contribution in [0.15, 0.2) is 36.4 Å². The summed E-state index contributed by atoms with van der Waals surface area (Å²) in [7, 11) is 7.14. The SMILES string of the molecule is COc1cc2nc(N(CCN(C)C)C(=O)c3sc4ccccc4c3Cl)sc2cc1OC.Cl. The summed E-state index contributed by atoms with van der Waals surface area (Å²) in [6.45, 7) is 1.18. The molecule has 10 heteroatoms. The molecule has 0 fully saturated rings. The van der Waals surface area contributed by atoms with Crippen molar-refractivity contribution in [1.82, 2.24) is 9.88 Å². The normalized spacial score (nSPS) is 11.1. The zero-order valence-corrected chi connectivity index (χ0v) is 21.3. The molecule has 0 aliphatic carbocycles. The Bertz CT molecular complexity index is 1220. The number of carbonyl (C=O) groups excluding carboxylic acids is 1. The zero-order chi connectivity index (χ0) is 22.1. The highest BCUT2D eigenvalue weighted by Gasteiger charge is 2.26. The standard InChI is InChI=1S/C22H22ClN3O3S2.ClH/c1-25(2)9-10-26(21(27)20-19(23)13-7-5-6-8-17(13)30-20)22-24-14-11-15(28-3)16(29-4)12-18(14)31-22;/h5-8,11-12H,9-10H2,1-4H3;1H. The highest BCUT2D eigenvalue weighted by atomic mass is 35.5. The number of rotatable bonds is 7. The number of ether oxygens (including phenoxy) is 2. The summed E-state index contributed by atoms with van der Waals surface area (Å²) in [5, 5.41) is 2.00. The number of aromatic nitrogens is 1. The van der Waals surface area contributed by atoms with Crippen LogP contribution in [0.2, 0.25) is 5.02 Å². The van der Waals surface area contributed by atoms with Crippen LogP contribution >= 0.6 is 46.7 Å². The van der Waals surface area contributed by atoms with Gasteiger partial charge in [-0.1, -0.05) is 41.1 Å². The summed E-state index contributed by atoms with van der Waals surface area (Å²) in [5.41, 5.74) is 0.753. The molecular formula is C22H23Cl2N3O3S2.